The number of fused-ring (bicyclic) bond motifs is 3. The van der Waals surface area contributed by atoms with Gasteiger partial charge in [0.25, 0.3) is 0 Å². The Labute approximate surface area is 227 Å². The Balaban J connectivity index is 1.16. The number of hydrogen-bond donors (Lipinski definition) is 0. The maximum atomic E-state index is 14.3. The fourth-order valence-corrected chi connectivity index (χ4v) is 8.58. The van der Waals surface area contributed by atoms with Gasteiger partial charge in [0.2, 0.25) is 5.91 Å². The molecule has 6 nitrogen and oxygen atoms in total. The molecule has 0 unspecified atom stereocenters. The number of methoxy groups -OCH3 is 1. The van der Waals surface area contributed by atoms with Crippen molar-refractivity contribution in [3.05, 3.63) is 28.8 Å². The van der Waals surface area contributed by atoms with Crippen LogP contribution in [-0.2, 0) is 20.4 Å². The number of piperazine rings is 1. The summed E-state index contributed by atoms with van der Waals surface area (Å²) in [6.45, 7) is 2.49. The highest BCUT2D eigenvalue weighted by Gasteiger charge is 2.59. The number of rotatable bonds is 5. The lowest BCUT2D eigenvalue weighted by atomic mass is 9.78. The number of anilines is 1. The second-order valence-electron chi connectivity index (χ2n) is 12.0. The van der Waals surface area contributed by atoms with Crippen molar-refractivity contribution >= 4 is 23.2 Å². The number of nitrogens with zero attached hydrogens (tertiary/aromatic N) is 3. The zero-order valence-corrected chi connectivity index (χ0v) is 22.8. The van der Waals surface area contributed by atoms with Crippen molar-refractivity contribution in [3.63, 3.8) is 0 Å². The zero-order valence-electron chi connectivity index (χ0n) is 22.1. The minimum atomic E-state index is -4.50. The van der Waals surface area contributed by atoms with Gasteiger partial charge in [0, 0.05) is 50.6 Å². The fourth-order valence-electron chi connectivity index (χ4n) is 8.36. The zero-order chi connectivity index (χ0) is 26.8. The lowest BCUT2D eigenvalue weighted by molar-refractivity contribution is -0.145. The van der Waals surface area contributed by atoms with Gasteiger partial charge in [-0.1, -0.05) is 18.0 Å². The molecule has 0 aromatic heterocycles. The number of amides is 1. The van der Waals surface area contributed by atoms with E-state index in [0.717, 1.165) is 57.6 Å². The number of ether oxygens (including phenoxy) is 2. The molecule has 1 aromatic rings. The number of hydrogen-bond acceptors (Lipinski definition) is 5. The summed E-state index contributed by atoms with van der Waals surface area (Å²) < 4.78 is 51.7. The second-order valence-corrected chi connectivity index (χ2v) is 12.4. The molecule has 10 heteroatoms. The highest BCUT2D eigenvalue weighted by Crippen LogP contribution is 2.57. The average molecular weight is 556 g/mol. The first-order chi connectivity index (χ1) is 18.1. The molecular formula is C28H37ClF3N3O3. The molecule has 1 aromatic carbocycles. The molecule has 5 aliphatic rings. The van der Waals surface area contributed by atoms with Crippen LogP contribution in [-0.4, -0.2) is 86.4 Å². The molecular weight excluding hydrogens is 519 g/mol. The molecule has 6 rings (SSSR count). The molecule has 2 aliphatic carbocycles. The summed E-state index contributed by atoms with van der Waals surface area (Å²) in [5, 5.41) is -0.285. The van der Waals surface area contributed by atoms with E-state index in [-0.39, 0.29) is 34.5 Å². The highest BCUT2D eigenvalue weighted by molar-refractivity contribution is 6.31. The van der Waals surface area contributed by atoms with Crippen LogP contribution in [0.5, 0.6) is 0 Å². The normalized spacial score (nSPS) is 36.9. The van der Waals surface area contributed by atoms with Crippen molar-refractivity contribution in [3.8, 4) is 0 Å². The Morgan fingerprint density at radius 3 is 2.74 bits per heavy atom. The van der Waals surface area contributed by atoms with Crippen LogP contribution >= 0.6 is 11.6 Å². The molecule has 0 spiro atoms. The van der Waals surface area contributed by atoms with E-state index >= 15 is 0 Å². The monoisotopic (exact) mass is 555 g/mol. The van der Waals surface area contributed by atoms with E-state index in [4.69, 9.17) is 21.1 Å². The fraction of sp³-hybridized carbons (Fsp3) is 0.750. The molecule has 3 saturated heterocycles. The van der Waals surface area contributed by atoms with Gasteiger partial charge in [-0.2, -0.15) is 13.2 Å². The summed E-state index contributed by atoms with van der Waals surface area (Å²) in [6, 6.07) is 4.86. The van der Waals surface area contributed by atoms with Crippen LogP contribution < -0.4 is 4.90 Å². The van der Waals surface area contributed by atoms with Crippen molar-refractivity contribution < 1.29 is 27.4 Å². The molecule has 210 valence electrons. The largest absolute Gasteiger partial charge is 0.417 e. The van der Waals surface area contributed by atoms with E-state index in [0.29, 0.717) is 43.4 Å². The van der Waals surface area contributed by atoms with E-state index in [1.807, 2.05) is 4.90 Å². The number of carbonyl (C=O) groups is 1. The molecule has 3 aliphatic heterocycles. The van der Waals surface area contributed by atoms with Crippen molar-refractivity contribution in [2.75, 3.05) is 45.4 Å². The van der Waals surface area contributed by atoms with Gasteiger partial charge in [0.1, 0.15) is 0 Å². The first kappa shape index (κ1) is 26.7. The molecule has 7 atom stereocenters. The Kier molecular flexibility index (Phi) is 6.89. The van der Waals surface area contributed by atoms with Crippen molar-refractivity contribution in [1.82, 2.24) is 9.80 Å². The first-order valence-electron chi connectivity index (χ1n) is 13.9. The molecule has 1 amide bonds. The van der Waals surface area contributed by atoms with Crippen LogP contribution in [0.15, 0.2) is 18.2 Å². The topological polar surface area (TPSA) is 45.3 Å². The van der Waals surface area contributed by atoms with E-state index in [9.17, 15) is 18.0 Å². The van der Waals surface area contributed by atoms with Crippen LogP contribution in [0.4, 0.5) is 18.9 Å². The Morgan fingerprint density at radius 2 is 2.03 bits per heavy atom. The lowest BCUT2D eigenvalue weighted by Crippen LogP contribution is -2.54. The quantitative estimate of drug-likeness (QED) is 0.521. The van der Waals surface area contributed by atoms with Gasteiger partial charge < -0.3 is 19.3 Å². The van der Waals surface area contributed by atoms with E-state index in [1.165, 1.54) is 6.07 Å². The molecule has 2 saturated carbocycles. The molecule has 0 N–H and O–H groups in total. The first-order valence-corrected chi connectivity index (χ1v) is 14.3. The highest BCUT2D eigenvalue weighted by atomic mass is 35.5. The van der Waals surface area contributed by atoms with Crippen LogP contribution in [0.2, 0.25) is 5.02 Å². The van der Waals surface area contributed by atoms with Crippen LogP contribution in [0.25, 0.3) is 0 Å². The van der Waals surface area contributed by atoms with E-state index in [2.05, 4.69) is 16.8 Å². The van der Waals surface area contributed by atoms with Gasteiger partial charge in [-0.15, -0.1) is 0 Å². The van der Waals surface area contributed by atoms with Crippen molar-refractivity contribution in [1.29, 1.82) is 0 Å². The molecule has 3 heterocycles. The maximum absolute atomic E-state index is 14.3. The van der Waals surface area contributed by atoms with Crippen LogP contribution in [0.3, 0.4) is 0 Å². The number of alkyl halides is 3. The molecule has 0 radical (unpaired) electrons. The van der Waals surface area contributed by atoms with Gasteiger partial charge in [-0.05, 0) is 69.7 Å². The standard InChI is InChI=1S/C28H37ClF3N3O3/c1-33(24-7-9-38-16-25(24)37-2)19-10-17-4-3-8-27(17,13-19)26(36)35-15-20-11-21(35)14-34(20)18-5-6-23(29)22(12-18)28(30,31)32/h5-6,12,17,19-21,24-25H,3-4,7-11,13-16H2,1-2H3/t17-,19-,20+,21+,24+,25-,27-/m1/s1. The van der Waals surface area contributed by atoms with Crippen molar-refractivity contribution in [2.24, 2.45) is 11.3 Å². The van der Waals surface area contributed by atoms with Crippen LogP contribution in [0.1, 0.15) is 50.5 Å². The summed E-state index contributed by atoms with van der Waals surface area (Å²) in [5.74, 6) is 0.675. The molecule has 2 bridgehead atoms. The molecule has 5 fully saturated rings. The summed E-state index contributed by atoms with van der Waals surface area (Å²) in [4.78, 5) is 20.8. The minimum Gasteiger partial charge on any atom is -0.379 e. The second kappa shape index (κ2) is 9.82. The number of carbonyl (C=O) groups excluding carboxylic acids is 1. The summed E-state index contributed by atoms with van der Waals surface area (Å²) in [7, 11) is 3.93. The predicted molar refractivity (Wildman–Crippen MR) is 138 cm³/mol. The van der Waals surface area contributed by atoms with Crippen LogP contribution in [0, 0.1) is 11.3 Å². The van der Waals surface area contributed by atoms with Gasteiger partial charge in [-0.25, -0.2) is 0 Å². The number of benzene rings is 1. The number of likely N-dealkylation sites (tertiary alicyclic amines) is 1. The third-order valence-corrected chi connectivity index (χ3v) is 10.6. The summed E-state index contributed by atoms with van der Waals surface area (Å²) >= 11 is 5.85. The Morgan fingerprint density at radius 1 is 1.21 bits per heavy atom. The summed E-state index contributed by atoms with van der Waals surface area (Å²) in [6.07, 6.45) is 2.32. The third kappa shape index (κ3) is 4.32. The van der Waals surface area contributed by atoms with E-state index < -0.39 is 11.7 Å². The van der Waals surface area contributed by atoms with E-state index in [1.54, 1.807) is 13.2 Å². The maximum Gasteiger partial charge on any atom is 0.417 e. The van der Waals surface area contributed by atoms with Gasteiger partial charge in [-0.3, -0.25) is 9.69 Å². The number of halogens is 4. The van der Waals surface area contributed by atoms with Gasteiger partial charge >= 0.3 is 6.18 Å². The van der Waals surface area contributed by atoms with Crippen molar-refractivity contribution in [2.45, 2.75) is 81.4 Å². The SMILES string of the molecule is CO[C@@H]1COCC[C@@H]1N(C)[C@@H]1C[C@H]2CCC[C@@]2(C(=O)N2C[C@@H]3C[C@H]2CN3c2ccc(Cl)c(C(F)(F)F)c2)C1. The van der Waals surface area contributed by atoms with Gasteiger partial charge in [0.15, 0.2) is 0 Å². The Hall–Kier alpha value is -1.55. The lowest BCUT2D eigenvalue weighted by Gasteiger charge is -2.42. The van der Waals surface area contributed by atoms with Gasteiger partial charge in [0.05, 0.1) is 34.8 Å². The average Bonchev–Trinajstić information content (AvgIpc) is 3.67. The minimum absolute atomic E-state index is 0.0343. The smallest absolute Gasteiger partial charge is 0.379 e. The Bertz CT molecular complexity index is 1070. The number of likely N-dealkylation sites (N-methyl/N-ethyl adjacent to an activating group) is 1. The summed E-state index contributed by atoms with van der Waals surface area (Å²) in [5.41, 5.74) is -0.586. The third-order valence-electron chi connectivity index (χ3n) is 10.3. The molecule has 38 heavy (non-hydrogen) atoms. The predicted octanol–water partition coefficient (Wildman–Crippen LogP) is 4.83.